The maximum atomic E-state index is 12.3. The van der Waals surface area contributed by atoms with Crippen LogP contribution in [0.5, 0.6) is 0 Å². The molecule has 7 heteroatoms. The molecule has 0 radical (unpaired) electrons. The Morgan fingerprint density at radius 1 is 1.42 bits per heavy atom. The molecule has 2 unspecified atom stereocenters. The summed E-state index contributed by atoms with van der Waals surface area (Å²) < 4.78 is 5.01. The predicted octanol–water partition coefficient (Wildman–Crippen LogP) is 2.58. The lowest BCUT2D eigenvalue weighted by Crippen LogP contribution is -2.37. The Labute approximate surface area is 139 Å². The zero-order valence-electron chi connectivity index (χ0n) is 13.8. The fraction of sp³-hybridized carbons (Fsp3) is 0.529. The summed E-state index contributed by atoms with van der Waals surface area (Å²) in [5.74, 6) is -0.290. The molecule has 24 heavy (non-hydrogen) atoms. The molecule has 0 bridgehead atoms. The lowest BCUT2D eigenvalue weighted by Gasteiger charge is -2.25. The predicted molar refractivity (Wildman–Crippen MR) is 87.1 cm³/mol. The van der Waals surface area contributed by atoms with Gasteiger partial charge in [-0.15, -0.1) is 0 Å². The number of carbonyl (C=O) groups excluding carboxylic acids is 2. The number of carbonyl (C=O) groups is 2. The number of nitro groups is 1. The van der Waals surface area contributed by atoms with Crippen LogP contribution in [0.3, 0.4) is 0 Å². The SMILES string of the molecule is COC(=O)C12CCCC1CN(c1ccc(C(C)=O)cc1[N+](=O)[O-])C2. The van der Waals surface area contributed by atoms with Crippen LogP contribution in [-0.4, -0.2) is 36.9 Å². The Bertz CT molecular complexity index is 717. The van der Waals surface area contributed by atoms with E-state index in [0.29, 0.717) is 24.3 Å². The van der Waals surface area contributed by atoms with Crippen molar-refractivity contribution in [2.75, 3.05) is 25.1 Å². The second-order valence-electron chi connectivity index (χ2n) is 6.63. The number of benzene rings is 1. The van der Waals surface area contributed by atoms with Crippen LogP contribution in [0.4, 0.5) is 11.4 Å². The first-order valence-corrected chi connectivity index (χ1v) is 8.02. The molecule has 0 spiro atoms. The Balaban J connectivity index is 1.98. The van der Waals surface area contributed by atoms with Crippen molar-refractivity contribution in [2.24, 2.45) is 11.3 Å². The molecule has 7 nitrogen and oxygen atoms in total. The van der Waals surface area contributed by atoms with Crippen molar-refractivity contribution in [3.63, 3.8) is 0 Å². The lowest BCUT2D eigenvalue weighted by molar-refractivity contribution is -0.384. The normalized spacial score (nSPS) is 25.4. The number of methoxy groups -OCH3 is 1. The molecule has 1 saturated heterocycles. The number of anilines is 1. The highest BCUT2D eigenvalue weighted by Gasteiger charge is 2.56. The first kappa shape index (κ1) is 16.4. The zero-order valence-corrected chi connectivity index (χ0v) is 13.8. The summed E-state index contributed by atoms with van der Waals surface area (Å²) in [6.45, 7) is 2.39. The molecule has 128 valence electrons. The molecule has 2 atom stereocenters. The fourth-order valence-corrected chi connectivity index (χ4v) is 4.17. The fourth-order valence-electron chi connectivity index (χ4n) is 4.17. The van der Waals surface area contributed by atoms with E-state index in [1.54, 1.807) is 12.1 Å². The van der Waals surface area contributed by atoms with Gasteiger partial charge in [0.15, 0.2) is 5.78 Å². The van der Waals surface area contributed by atoms with E-state index in [2.05, 4.69) is 0 Å². The Hall–Kier alpha value is -2.44. The molecule has 1 aromatic carbocycles. The van der Waals surface area contributed by atoms with Gasteiger partial charge in [-0.2, -0.15) is 0 Å². The van der Waals surface area contributed by atoms with Gasteiger partial charge in [0, 0.05) is 24.7 Å². The maximum Gasteiger partial charge on any atom is 0.313 e. The van der Waals surface area contributed by atoms with Gasteiger partial charge in [-0.25, -0.2) is 0 Å². The maximum absolute atomic E-state index is 12.3. The summed E-state index contributed by atoms with van der Waals surface area (Å²) in [5.41, 5.74) is 0.111. The number of ketones is 1. The lowest BCUT2D eigenvalue weighted by atomic mass is 9.81. The summed E-state index contributed by atoms with van der Waals surface area (Å²) in [7, 11) is 1.39. The third-order valence-electron chi connectivity index (χ3n) is 5.38. The van der Waals surface area contributed by atoms with Crippen molar-refractivity contribution >= 4 is 23.1 Å². The zero-order chi connectivity index (χ0) is 17.5. The van der Waals surface area contributed by atoms with E-state index in [1.807, 2.05) is 4.90 Å². The minimum atomic E-state index is -0.568. The molecule has 1 aromatic rings. The minimum absolute atomic E-state index is 0.0947. The van der Waals surface area contributed by atoms with E-state index in [1.165, 1.54) is 20.1 Å². The number of Topliss-reactive ketones (excluding diaryl/α,β-unsaturated/α-hetero) is 1. The average Bonchev–Trinajstić information content (AvgIpc) is 3.11. The van der Waals surface area contributed by atoms with Crippen molar-refractivity contribution < 1.29 is 19.2 Å². The van der Waals surface area contributed by atoms with Crippen LogP contribution in [0.15, 0.2) is 18.2 Å². The van der Waals surface area contributed by atoms with Gasteiger partial charge in [0.1, 0.15) is 5.69 Å². The summed E-state index contributed by atoms with van der Waals surface area (Å²) in [5, 5.41) is 11.4. The third-order valence-corrected chi connectivity index (χ3v) is 5.38. The van der Waals surface area contributed by atoms with E-state index >= 15 is 0 Å². The third kappa shape index (κ3) is 2.44. The average molecular weight is 332 g/mol. The second-order valence-corrected chi connectivity index (χ2v) is 6.63. The highest BCUT2D eigenvalue weighted by molar-refractivity contribution is 5.95. The van der Waals surface area contributed by atoms with E-state index in [0.717, 1.165) is 19.3 Å². The van der Waals surface area contributed by atoms with Gasteiger partial charge in [-0.3, -0.25) is 19.7 Å². The molecule has 1 aliphatic heterocycles. The van der Waals surface area contributed by atoms with Gasteiger partial charge in [0.05, 0.1) is 17.4 Å². The van der Waals surface area contributed by atoms with Gasteiger partial charge in [-0.05, 0) is 37.8 Å². The molecule has 3 rings (SSSR count). The van der Waals surface area contributed by atoms with E-state index in [-0.39, 0.29) is 23.4 Å². The van der Waals surface area contributed by atoms with Crippen molar-refractivity contribution in [2.45, 2.75) is 26.2 Å². The highest BCUT2D eigenvalue weighted by atomic mass is 16.6. The standard InChI is InChI=1S/C17H20N2O5/c1-11(20)12-5-6-14(15(8-12)19(22)23)18-9-13-4-3-7-17(13,10-18)16(21)24-2/h5-6,8,13H,3-4,7,9-10H2,1-2H3. The summed E-state index contributed by atoms with van der Waals surface area (Å²) >= 11 is 0. The summed E-state index contributed by atoms with van der Waals surface area (Å²) in [6, 6.07) is 4.53. The van der Waals surface area contributed by atoms with Crippen molar-refractivity contribution in [1.82, 2.24) is 0 Å². The molecular formula is C17H20N2O5. The Kier molecular flexibility index (Phi) is 4.03. The van der Waals surface area contributed by atoms with E-state index < -0.39 is 10.3 Å². The number of ether oxygens (including phenoxy) is 1. The molecule has 0 N–H and O–H groups in total. The molecule has 0 amide bonds. The topological polar surface area (TPSA) is 89.8 Å². The molecule has 1 saturated carbocycles. The number of rotatable bonds is 4. The van der Waals surface area contributed by atoms with Crippen molar-refractivity contribution in [1.29, 1.82) is 0 Å². The van der Waals surface area contributed by atoms with Crippen molar-refractivity contribution in [3.8, 4) is 0 Å². The highest BCUT2D eigenvalue weighted by Crippen LogP contribution is 2.51. The van der Waals surface area contributed by atoms with Crippen LogP contribution >= 0.6 is 0 Å². The van der Waals surface area contributed by atoms with Crippen molar-refractivity contribution in [3.05, 3.63) is 33.9 Å². The second kappa shape index (κ2) is 5.89. The first-order valence-electron chi connectivity index (χ1n) is 8.02. The molecule has 0 aromatic heterocycles. The quantitative estimate of drug-likeness (QED) is 0.364. The number of hydrogen-bond donors (Lipinski definition) is 0. The van der Waals surface area contributed by atoms with Crippen LogP contribution in [0.2, 0.25) is 0 Å². The first-order chi connectivity index (χ1) is 11.4. The molecule has 1 heterocycles. The van der Waals surface area contributed by atoms with Gasteiger partial charge in [0.2, 0.25) is 0 Å². The van der Waals surface area contributed by atoms with Gasteiger partial charge in [-0.1, -0.05) is 6.42 Å². The summed E-state index contributed by atoms with van der Waals surface area (Å²) in [6.07, 6.45) is 2.64. The largest absolute Gasteiger partial charge is 0.469 e. The van der Waals surface area contributed by atoms with Crippen LogP contribution in [0, 0.1) is 21.4 Å². The molecule has 2 fully saturated rings. The minimum Gasteiger partial charge on any atom is -0.469 e. The Morgan fingerprint density at radius 2 is 2.17 bits per heavy atom. The van der Waals surface area contributed by atoms with Gasteiger partial charge < -0.3 is 9.64 Å². The van der Waals surface area contributed by atoms with Gasteiger partial charge >= 0.3 is 5.97 Å². The van der Waals surface area contributed by atoms with E-state index in [4.69, 9.17) is 4.74 Å². The van der Waals surface area contributed by atoms with Crippen LogP contribution in [0.1, 0.15) is 36.5 Å². The van der Waals surface area contributed by atoms with E-state index in [9.17, 15) is 19.7 Å². The number of hydrogen-bond acceptors (Lipinski definition) is 6. The van der Waals surface area contributed by atoms with Crippen LogP contribution in [-0.2, 0) is 9.53 Å². The van der Waals surface area contributed by atoms with Crippen LogP contribution in [0.25, 0.3) is 0 Å². The van der Waals surface area contributed by atoms with Crippen LogP contribution < -0.4 is 4.90 Å². The monoisotopic (exact) mass is 332 g/mol. The summed E-state index contributed by atoms with van der Waals surface area (Å²) in [4.78, 5) is 36.7. The van der Waals surface area contributed by atoms with Gasteiger partial charge in [0.25, 0.3) is 5.69 Å². The molecule has 2 aliphatic rings. The smallest absolute Gasteiger partial charge is 0.313 e. The number of nitrogens with zero attached hydrogens (tertiary/aromatic N) is 2. The molecule has 1 aliphatic carbocycles. The number of esters is 1. The molecular weight excluding hydrogens is 312 g/mol. The number of nitro benzene ring substituents is 1. The number of fused-ring (bicyclic) bond motifs is 1. The Morgan fingerprint density at radius 3 is 2.79 bits per heavy atom.